The molecule has 0 fully saturated rings. The highest BCUT2D eigenvalue weighted by atomic mass is 28.3. The van der Waals surface area contributed by atoms with Gasteiger partial charge >= 0.3 is 0 Å². The fraction of sp³-hybridized carbons (Fsp3) is 0.294. The van der Waals surface area contributed by atoms with E-state index in [-0.39, 0.29) is 12.3 Å². The molecule has 6 aromatic rings. The minimum absolute atomic E-state index is 0.168. The van der Waals surface area contributed by atoms with Crippen LogP contribution in [-0.2, 0) is 11.5 Å². The van der Waals surface area contributed by atoms with Gasteiger partial charge in [-0.3, -0.25) is 9.36 Å². The Morgan fingerprint density at radius 1 is 1.04 bits per heavy atom. The first kappa shape index (κ1) is 31.2. The predicted molar refractivity (Wildman–Crippen MR) is 181 cm³/mol. The van der Waals surface area contributed by atoms with E-state index in [4.69, 9.17) is 14.6 Å². The smallest absolute Gasteiger partial charge is 0.282 e. The van der Waals surface area contributed by atoms with Gasteiger partial charge in [-0.1, -0.05) is 37.8 Å². The van der Waals surface area contributed by atoms with E-state index in [1.807, 2.05) is 61.0 Å². The van der Waals surface area contributed by atoms with Crippen LogP contribution in [0.1, 0.15) is 24.4 Å². The molecule has 0 amide bonds. The van der Waals surface area contributed by atoms with E-state index in [2.05, 4.69) is 34.9 Å². The zero-order chi connectivity index (χ0) is 32.6. The van der Waals surface area contributed by atoms with Gasteiger partial charge in [0.2, 0.25) is 0 Å². The van der Waals surface area contributed by atoms with Crippen molar-refractivity contribution in [1.82, 2.24) is 28.7 Å². The van der Waals surface area contributed by atoms with Gasteiger partial charge in [0.05, 0.1) is 24.2 Å². The lowest BCUT2D eigenvalue weighted by Crippen LogP contribution is -2.29. The number of nitrogens with one attached hydrogen (secondary N) is 1. The topological polar surface area (TPSA) is 100 Å². The van der Waals surface area contributed by atoms with Gasteiger partial charge in [0.25, 0.3) is 5.56 Å². The molecule has 12 heteroatoms. The molecular weight excluding hydrogens is 602 g/mol. The quantitative estimate of drug-likeness (QED) is 0.122. The first-order chi connectivity index (χ1) is 22.1. The number of ether oxygens (including phenoxy) is 2. The van der Waals surface area contributed by atoms with Crippen LogP contribution >= 0.6 is 0 Å². The first-order valence-electron chi connectivity index (χ1n) is 15.2. The number of hydrogen-bond acceptors (Lipinski definition) is 7. The Morgan fingerprint density at radius 3 is 2.57 bits per heavy atom. The van der Waals surface area contributed by atoms with Crippen molar-refractivity contribution in [3.63, 3.8) is 0 Å². The average Bonchev–Trinajstić information content (AvgIpc) is 3.60. The largest absolute Gasteiger partial charge is 0.496 e. The van der Waals surface area contributed by atoms with Crippen molar-refractivity contribution in [3.8, 4) is 22.6 Å². The van der Waals surface area contributed by atoms with Gasteiger partial charge in [-0.25, -0.2) is 18.9 Å². The highest BCUT2D eigenvalue weighted by Gasteiger charge is 2.24. The lowest BCUT2D eigenvalue weighted by Gasteiger charge is -2.20. The standard InChI is InChI=1S/C34H38FN7O3Si/c1-22-14-15-41-30(22)34(43)42(25-10-8-7-9-11-25)32(39-41)23(2)38-31-29-27(26-13-12-24(35)18-28(26)44-3)19-40(33(29)37-20-36-31)21-45-16-17-46(4,5)6/h7-15,18-20,23H,16-17,21H2,1-6H3,(H,36,37,38). The van der Waals surface area contributed by atoms with Crippen LogP contribution in [0.4, 0.5) is 10.2 Å². The molecule has 0 saturated carbocycles. The molecule has 0 aliphatic carbocycles. The third kappa shape index (κ3) is 6.05. The zero-order valence-corrected chi connectivity index (χ0v) is 27.9. The van der Waals surface area contributed by atoms with E-state index >= 15 is 0 Å². The van der Waals surface area contributed by atoms with Gasteiger partial charge in [-0.2, -0.15) is 5.10 Å². The van der Waals surface area contributed by atoms with Crippen LogP contribution in [0.5, 0.6) is 5.75 Å². The minimum Gasteiger partial charge on any atom is -0.496 e. The van der Waals surface area contributed by atoms with E-state index in [0.717, 1.165) is 17.2 Å². The molecule has 1 unspecified atom stereocenters. The van der Waals surface area contributed by atoms with Crippen LogP contribution in [0.25, 0.3) is 33.4 Å². The maximum Gasteiger partial charge on any atom is 0.282 e. The second-order valence-electron chi connectivity index (χ2n) is 12.6. The van der Waals surface area contributed by atoms with Crippen LogP contribution in [0.3, 0.4) is 0 Å². The molecule has 1 atom stereocenters. The Morgan fingerprint density at radius 2 is 1.83 bits per heavy atom. The van der Waals surface area contributed by atoms with Crippen LogP contribution in [0, 0.1) is 12.7 Å². The number of aromatic nitrogens is 6. The Hall–Kier alpha value is -4.81. The molecule has 4 aromatic heterocycles. The molecule has 1 N–H and O–H groups in total. The lowest BCUT2D eigenvalue weighted by atomic mass is 10.0. The monoisotopic (exact) mass is 639 g/mol. The number of fused-ring (bicyclic) bond motifs is 2. The summed E-state index contributed by atoms with van der Waals surface area (Å²) in [5, 5.41) is 9.12. The minimum atomic E-state index is -1.28. The number of benzene rings is 2. The van der Waals surface area contributed by atoms with Gasteiger partial charge < -0.3 is 19.4 Å². The maximum absolute atomic E-state index is 14.3. The van der Waals surface area contributed by atoms with E-state index in [0.29, 0.717) is 51.8 Å². The lowest BCUT2D eigenvalue weighted by molar-refractivity contribution is 0.0899. The molecule has 2 aromatic carbocycles. The van der Waals surface area contributed by atoms with Crippen LogP contribution in [-0.4, -0.2) is 50.5 Å². The second-order valence-corrected chi connectivity index (χ2v) is 18.2. The van der Waals surface area contributed by atoms with E-state index < -0.39 is 19.9 Å². The number of anilines is 1. The SMILES string of the molecule is COc1cc(F)ccc1-c1cn(COCC[Si](C)(C)C)c2ncnc(NC(C)c3nn4ccc(C)c4c(=O)n3-c3ccccc3)c12. The van der Waals surface area contributed by atoms with Crippen LogP contribution < -0.4 is 15.6 Å². The Kier molecular flexibility index (Phi) is 8.49. The van der Waals surface area contributed by atoms with Crippen molar-refractivity contribution in [2.45, 2.75) is 52.3 Å². The highest BCUT2D eigenvalue weighted by Crippen LogP contribution is 2.39. The molecule has 0 aliphatic heterocycles. The average molecular weight is 640 g/mol. The first-order valence-corrected chi connectivity index (χ1v) is 18.9. The Balaban J connectivity index is 1.47. The summed E-state index contributed by atoms with van der Waals surface area (Å²) in [5.41, 5.74) is 3.98. The summed E-state index contributed by atoms with van der Waals surface area (Å²) in [6.45, 7) is 11.7. The fourth-order valence-corrected chi connectivity index (χ4v) is 6.33. The molecule has 46 heavy (non-hydrogen) atoms. The zero-order valence-electron chi connectivity index (χ0n) is 26.9. The van der Waals surface area contributed by atoms with Crippen molar-refractivity contribution in [3.05, 3.63) is 101 Å². The summed E-state index contributed by atoms with van der Waals surface area (Å²) in [5.74, 6) is 1.01. The number of hydrogen-bond donors (Lipinski definition) is 1. The van der Waals surface area contributed by atoms with Gasteiger partial charge in [-0.15, -0.1) is 0 Å². The predicted octanol–water partition coefficient (Wildman–Crippen LogP) is 6.84. The van der Waals surface area contributed by atoms with Crippen LogP contribution in [0.15, 0.2) is 78.1 Å². The fourth-order valence-electron chi connectivity index (χ4n) is 5.57. The molecule has 4 heterocycles. The molecule has 10 nitrogen and oxygen atoms in total. The Bertz CT molecular complexity index is 2080. The van der Waals surface area contributed by atoms with Gasteiger partial charge in [0.15, 0.2) is 5.82 Å². The summed E-state index contributed by atoms with van der Waals surface area (Å²) in [4.78, 5) is 23.2. The number of aryl methyl sites for hydroxylation is 1. The molecule has 6 rings (SSSR count). The van der Waals surface area contributed by atoms with Crippen molar-refractivity contribution >= 4 is 30.4 Å². The number of rotatable bonds is 11. The number of halogens is 1. The van der Waals surface area contributed by atoms with E-state index in [1.54, 1.807) is 21.3 Å². The molecule has 0 saturated heterocycles. The normalized spacial score (nSPS) is 12.6. The van der Waals surface area contributed by atoms with Gasteiger partial charge in [-0.05, 0) is 55.8 Å². The molecule has 238 valence electrons. The van der Waals surface area contributed by atoms with Gasteiger partial charge in [0, 0.05) is 44.3 Å². The summed E-state index contributed by atoms with van der Waals surface area (Å²) in [6, 6.07) is 16.4. The van der Waals surface area contributed by atoms with E-state index in [1.165, 1.54) is 25.6 Å². The molecule has 0 bridgehead atoms. The van der Waals surface area contributed by atoms with E-state index in [9.17, 15) is 9.18 Å². The summed E-state index contributed by atoms with van der Waals surface area (Å²) in [6.07, 6.45) is 5.23. The summed E-state index contributed by atoms with van der Waals surface area (Å²) >= 11 is 0. The van der Waals surface area contributed by atoms with Crippen LogP contribution in [0.2, 0.25) is 25.7 Å². The Labute approximate surface area is 267 Å². The van der Waals surface area contributed by atoms with Crippen molar-refractivity contribution < 1.29 is 13.9 Å². The molecular formula is C34H38FN7O3Si. The summed E-state index contributed by atoms with van der Waals surface area (Å²) < 4.78 is 31.2. The van der Waals surface area contributed by atoms with Crippen molar-refractivity contribution in [1.29, 1.82) is 0 Å². The van der Waals surface area contributed by atoms with Gasteiger partial charge in [0.1, 0.15) is 41.6 Å². The third-order valence-corrected chi connectivity index (χ3v) is 9.71. The molecule has 0 spiro atoms. The van der Waals surface area contributed by atoms with Crippen molar-refractivity contribution in [2.75, 3.05) is 19.0 Å². The highest BCUT2D eigenvalue weighted by molar-refractivity contribution is 6.76. The number of nitrogens with zero attached hydrogens (tertiary/aromatic N) is 6. The third-order valence-electron chi connectivity index (χ3n) is 8.00. The second kappa shape index (κ2) is 12.5. The molecule has 0 aliphatic rings. The van der Waals surface area contributed by atoms with Crippen molar-refractivity contribution in [2.24, 2.45) is 0 Å². The maximum atomic E-state index is 14.3. The molecule has 0 radical (unpaired) electrons. The number of methoxy groups -OCH3 is 1. The summed E-state index contributed by atoms with van der Waals surface area (Å²) in [7, 11) is 0.239. The number of para-hydroxylation sites is 1.